The quantitative estimate of drug-likeness (QED) is 0.459. The first-order chi connectivity index (χ1) is 12.7. The maximum Gasteiger partial charge on any atom is 0.254 e. The molecule has 2 aromatic carbocycles. The highest BCUT2D eigenvalue weighted by Crippen LogP contribution is 2.28. The van der Waals surface area contributed by atoms with Crippen molar-refractivity contribution in [1.29, 1.82) is 0 Å². The van der Waals surface area contributed by atoms with Crippen LogP contribution >= 0.6 is 23.5 Å². The molecular formula is C21H20N2OS2. The van der Waals surface area contributed by atoms with Crippen molar-refractivity contribution in [3.8, 4) is 0 Å². The smallest absolute Gasteiger partial charge is 0.254 e. The fraction of sp³-hybridized carbons (Fsp3) is 0.143. The van der Waals surface area contributed by atoms with Crippen molar-refractivity contribution >= 4 is 29.4 Å². The van der Waals surface area contributed by atoms with Gasteiger partial charge in [-0.25, -0.2) is 4.98 Å². The van der Waals surface area contributed by atoms with Gasteiger partial charge in [-0.05, 0) is 43.3 Å². The van der Waals surface area contributed by atoms with Gasteiger partial charge in [0.1, 0.15) is 5.03 Å². The van der Waals surface area contributed by atoms with Gasteiger partial charge in [0.25, 0.3) is 5.91 Å². The number of aromatic nitrogens is 1. The van der Waals surface area contributed by atoms with Gasteiger partial charge in [-0.15, -0.1) is 11.8 Å². The summed E-state index contributed by atoms with van der Waals surface area (Å²) in [6.07, 6.45) is 1.72. The van der Waals surface area contributed by atoms with E-state index >= 15 is 0 Å². The zero-order valence-corrected chi connectivity index (χ0v) is 16.1. The van der Waals surface area contributed by atoms with Crippen LogP contribution in [-0.2, 0) is 0 Å². The van der Waals surface area contributed by atoms with Gasteiger partial charge in [-0.2, -0.15) is 0 Å². The third-order valence-corrected chi connectivity index (χ3v) is 5.69. The number of nitrogens with one attached hydrogen (secondary N) is 1. The zero-order valence-electron chi connectivity index (χ0n) is 14.5. The maximum absolute atomic E-state index is 12.5. The molecule has 1 aromatic heterocycles. The van der Waals surface area contributed by atoms with Gasteiger partial charge in [0.2, 0.25) is 0 Å². The van der Waals surface area contributed by atoms with Gasteiger partial charge in [0.15, 0.2) is 0 Å². The number of pyridine rings is 1. The van der Waals surface area contributed by atoms with Crippen molar-refractivity contribution < 1.29 is 4.79 Å². The first-order valence-electron chi connectivity index (χ1n) is 8.38. The van der Waals surface area contributed by atoms with Crippen molar-refractivity contribution in [3.05, 3.63) is 84.1 Å². The van der Waals surface area contributed by atoms with Crippen LogP contribution in [0.2, 0.25) is 0 Å². The largest absolute Gasteiger partial charge is 0.351 e. The Balaban J connectivity index is 1.55. The number of benzene rings is 2. The van der Waals surface area contributed by atoms with E-state index in [9.17, 15) is 4.79 Å². The molecule has 0 radical (unpaired) electrons. The summed E-state index contributed by atoms with van der Waals surface area (Å²) in [4.78, 5) is 19.2. The molecule has 0 aliphatic carbocycles. The number of nitrogens with zero attached hydrogens (tertiary/aromatic N) is 1. The lowest BCUT2D eigenvalue weighted by Gasteiger charge is -2.09. The summed E-state index contributed by atoms with van der Waals surface area (Å²) < 4.78 is 0. The Bertz CT molecular complexity index is 851. The second-order valence-corrected chi connectivity index (χ2v) is 7.92. The lowest BCUT2D eigenvalue weighted by atomic mass is 10.2. The number of carbonyl (C=O) groups is 1. The summed E-state index contributed by atoms with van der Waals surface area (Å²) in [5.41, 5.74) is 1.87. The molecule has 0 atom stereocenters. The summed E-state index contributed by atoms with van der Waals surface area (Å²) in [6.45, 7) is 2.69. The molecule has 0 fully saturated rings. The minimum absolute atomic E-state index is 0.0824. The topological polar surface area (TPSA) is 42.0 Å². The van der Waals surface area contributed by atoms with Crippen molar-refractivity contribution in [2.24, 2.45) is 0 Å². The van der Waals surface area contributed by atoms with E-state index in [0.717, 1.165) is 15.7 Å². The lowest BCUT2D eigenvalue weighted by molar-refractivity contribution is 0.0952. The Hall–Kier alpha value is -2.24. The highest BCUT2D eigenvalue weighted by molar-refractivity contribution is 7.99. The average molecular weight is 381 g/mol. The molecule has 0 spiro atoms. The fourth-order valence-electron chi connectivity index (χ4n) is 2.31. The van der Waals surface area contributed by atoms with Crippen molar-refractivity contribution in [2.45, 2.75) is 21.7 Å². The molecule has 1 amide bonds. The van der Waals surface area contributed by atoms with Crippen LogP contribution in [0, 0.1) is 6.92 Å². The minimum Gasteiger partial charge on any atom is -0.351 e. The average Bonchev–Trinajstić information content (AvgIpc) is 2.68. The van der Waals surface area contributed by atoms with E-state index in [1.165, 1.54) is 22.2 Å². The molecule has 132 valence electrons. The predicted octanol–water partition coefficient (Wildman–Crippen LogP) is 5.06. The number of carbonyl (C=O) groups excluding carboxylic acids is 1. The van der Waals surface area contributed by atoms with E-state index in [0.29, 0.717) is 12.1 Å². The van der Waals surface area contributed by atoms with E-state index in [1.54, 1.807) is 24.0 Å². The summed E-state index contributed by atoms with van der Waals surface area (Å²) in [7, 11) is 0. The highest BCUT2D eigenvalue weighted by atomic mass is 32.2. The monoisotopic (exact) mass is 380 g/mol. The molecule has 0 saturated carbocycles. The molecule has 0 bridgehead atoms. The molecular weight excluding hydrogens is 360 g/mol. The van der Waals surface area contributed by atoms with Crippen molar-refractivity contribution in [3.63, 3.8) is 0 Å². The third-order valence-electron chi connectivity index (χ3n) is 3.65. The van der Waals surface area contributed by atoms with Crippen LogP contribution in [0.3, 0.4) is 0 Å². The zero-order chi connectivity index (χ0) is 18.2. The van der Waals surface area contributed by atoms with Crippen molar-refractivity contribution in [1.82, 2.24) is 10.3 Å². The van der Waals surface area contributed by atoms with E-state index in [1.807, 2.05) is 36.4 Å². The fourth-order valence-corrected chi connectivity index (χ4v) is 3.98. The molecule has 3 nitrogen and oxygen atoms in total. The van der Waals surface area contributed by atoms with E-state index in [4.69, 9.17) is 0 Å². The molecule has 0 aliphatic rings. The normalized spacial score (nSPS) is 10.5. The second kappa shape index (κ2) is 9.46. The summed E-state index contributed by atoms with van der Waals surface area (Å²) >= 11 is 3.24. The number of hydrogen-bond acceptors (Lipinski definition) is 4. The van der Waals surface area contributed by atoms with E-state index in [-0.39, 0.29) is 5.91 Å². The number of aryl methyl sites for hydroxylation is 1. The van der Waals surface area contributed by atoms with Gasteiger partial charge < -0.3 is 5.32 Å². The van der Waals surface area contributed by atoms with E-state index < -0.39 is 0 Å². The summed E-state index contributed by atoms with van der Waals surface area (Å²) in [6, 6.07) is 22.0. The standard InChI is InChI=1S/C21H20N2OS2/c1-16-9-11-17(12-10-16)25-15-14-22-20(24)19-8-5-13-23-21(19)26-18-6-3-2-4-7-18/h2-13H,14-15H2,1H3,(H,22,24). The second-order valence-electron chi connectivity index (χ2n) is 5.69. The third kappa shape index (κ3) is 5.38. The molecule has 5 heteroatoms. The molecule has 3 rings (SSSR count). The Kier molecular flexibility index (Phi) is 6.75. The Labute approximate surface area is 162 Å². The van der Waals surface area contributed by atoms with Gasteiger partial charge in [-0.3, -0.25) is 4.79 Å². The van der Waals surface area contributed by atoms with Crippen LogP contribution in [0.15, 0.2) is 87.7 Å². The number of amides is 1. The molecule has 0 aliphatic heterocycles. The first-order valence-corrected chi connectivity index (χ1v) is 10.2. The minimum atomic E-state index is -0.0824. The molecule has 3 aromatic rings. The Morgan fingerprint density at radius 1 is 0.962 bits per heavy atom. The molecule has 0 unspecified atom stereocenters. The van der Waals surface area contributed by atoms with Gasteiger partial charge >= 0.3 is 0 Å². The Morgan fingerprint density at radius 2 is 1.73 bits per heavy atom. The molecule has 1 heterocycles. The number of thioether (sulfide) groups is 1. The SMILES string of the molecule is Cc1ccc(SCCNC(=O)c2cccnc2Sc2ccccc2)cc1. The van der Waals surface area contributed by atoms with Crippen LogP contribution in [0.4, 0.5) is 0 Å². The highest BCUT2D eigenvalue weighted by Gasteiger charge is 2.12. The van der Waals surface area contributed by atoms with E-state index in [2.05, 4.69) is 41.5 Å². The molecule has 1 N–H and O–H groups in total. The van der Waals surface area contributed by atoms with Gasteiger partial charge in [-0.1, -0.05) is 47.7 Å². The number of rotatable bonds is 7. The van der Waals surface area contributed by atoms with Gasteiger partial charge in [0.05, 0.1) is 5.56 Å². The summed E-state index contributed by atoms with van der Waals surface area (Å²) in [5, 5.41) is 3.72. The molecule has 0 saturated heterocycles. The maximum atomic E-state index is 12.5. The van der Waals surface area contributed by atoms with Crippen LogP contribution in [-0.4, -0.2) is 23.2 Å². The first kappa shape index (κ1) is 18.5. The summed E-state index contributed by atoms with van der Waals surface area (Å²) in [5.74, 6) is 0.747. The van der Waals surface area contributed by atoms with Crippen LogP contribution in [0.1, 0.15) is 15.9 Å². The van der Waals surface area contributed by atoms with Crippen LogP contribution in [0.5, 0.6) is 0 Å². The number of hydrogen-bond donors (Lipinski definition) is 1. The van der Waals surface area contributed by atoms with Crippen LogP contribution in [0.25, 0.3) is 0 Å². The molecule has 26 heavy (non-hydrogen) atoms. The lowest BCUT2D eigenvalue weighted by Crippen LogP contribution is -2.26. The Morgan fingerprint density at radius 3 is 2.50 bits per heavy atom. The predicted molar refractivity (Wildman–Crippen MR) is 109 cm³/mol. The van der Waals surface area contributed by atoms with Gasteiger partial charge in [0, 0.05) is 28.3 Å². The van der Waals surface area contributed by atoms with Crippen molar-refractivity contribution in [2.75, 3.05) is 12.3 Å². The van der Waals surface area contributed by atoms with Crippen LogP contribution < -0.4 is 5.32 Å².